The van der Waals surface area contributed by atoms with Gasteiger partial charge in [-0.15, -0.1) is 0 Å². The van der Waals surface area contributed by atoms with E-state index in [9.17, 15) is 0 Å². The lowest BCUT2D eigenvalue weighted by Crippen LogP contribution is -2.27. The predicted octanol–water partition coefficient (Wildman–Crippen LogP) is 2.89. The van der Waals surface area contributed by atoms with Gasteiger partial charge in [0.25, 0.3) is 0 Å². The fraction of sp³-hybridized carbons (Fsp3) is 1.00. The quantitative estimate of drug-likeness (QED) is 0.563. The van der Waals surface area contributed by atoms with Gasteiger partial charge in [0.1, 0.15) is 0 Å². The summed E-state index contributed by atoms with van der Waals surface area (Å²) in [6.45, 7) is 10.3. The van der Waals surface area contributed by atoms with Crippen LogP contribution in [0.4, 0.5) is 0 Å². The molecule has 0 spiro atoms. The Bertz CT molecular complexity index is 126. The third kappa shape index (κ3) is 10.2. The zero-order valence-electron chi connectivity index (χ0n) is 11.2. The SMILES string of the molecule is CCCCCN(C)CCCC(C)NCC. The monoisotopic (exact) mass is 214 g/mol. The number of hydrogen-bond acceptors (Lipinski definition) is 2. The maximum atomic E-state index is 3.45. The second kappa shape index (κ2) is 10.4. The number of nitrogens with zero attached hydrogens (tertiary/aromatic N) is 1. The minimum atomic E-state index is 0.680. The molecule has 0 aliphatic heterocycles. The second-order valence-electron chi connectivity index (χ2n) is 4.61. The van der Waals surface area contributed by atoms with E-state index >= 15 is 0 Å². The van der Waals surface area contributed by atoms with Crippen LogP contribution in [0, 0.1) is 0 Å². The van der Waals surface area contributed by atoms with Gasteiger partial charge in [-0.05, 0) is 52.9 Å². The van der Waals surface area contributed by atoms with Crippen LogP contribution in [-0.4, -0.2) is 37.6 Å². The molecule has 2 heteroatoms. The molecule has 0 aliphatic carbocycles. The lowest BCUT2D eigenvalue weighted by atomic mass is 10.1. The Morgan fingerprint density at radius 1 is 1.07 bits per heavy atom. The first-order valence-corrected chi connectivity index (χ1v) is 6.62. The van der Waals surface area contributed by atoms with Crippen LogP contribution in [0.5, 0.6) is 0 Å². The topological polar surface area (TPSA) is 15.3 Å². The predicted molar refractivity (Wildman–Crippen MR) is 69.4 cm³/mol. The molecule has 15 heavy (non-hydrogen) atoms. The van der Waals surface area contributed by atoms with Gasteiger partial charge in [0, 0.05) is 6.04 Å². The van der Waals surface area contributed by atoms with E-state index < -0.39 is 0 Å². The zero-order chi connectivity index (χ0) is 11.5. The average Bonchev–Trinajstić information content (AvgIpc) is 2.18. The third-order valence-electron chi connectivity index (χ3n) is 2.87. The second-order valence-corrected chi connectivity index (χ2v) is 4.61. The smallest absolute Gasteiger partial charge is 0.00390 e. The summed E-state index contributed by atoms with van der Waals surface area (Å²) >= 11 is 0. The fourth-order valence-electron chi connectivity index (χ4n) is 1.86. The van der Waals surface area contributed by atoms with Crippen molar-refractivity contribution >= 4 is 0 Å². The molecule has 0 saturated heterocycles. The molecule has 1 atom stereocenters. The van der Waals surface area contributed by atoms with E-state index in [-0.39, 0.29) is 0 Å². The van der Waals surface area contributed by atoms with Crippen LogP contribution in [0.25, 0.3) is 0 Å². The van der Waals surface area contributed by atoms with E-state index in [1.165, 1.54) is 45.2 Å². The maximum absolute atomic E-state index is 3.45. The van der Waals surface area contributed by atoms with Crippen molar-refractivity contribution in [3.63, 3.8) is 0 Å². The van der Waals surface area contributed by atoms with E-state index in [0.29, 0.717) is 6.04 Å². The molecule has 0 aromatic rings. The highest BCUT2D eigenvalue weighted by Crippen LogP contribution is 2.00. The van der Waals surface area contributed by atoms with Gasteiger partial charge in [-0.3, -0.25) is 0 Å². The molecule has 1 unspecified atom stereocenters. The number of hydrogen-bond donors (Lipinski definition) is 1. The molecule has 0 fully saturated rings. The van der Waals surface area contributed by atoms with Crippen LogP contribution in [0.3, 0.4) is 0 Å². The molecule has 0 rings (SSSR count). The minimum Gasteiger partial charge on any atom is -0.315 e. The van der Waals surface area contributed by atoms with Crippen LogP contribution in [-0.2, 0) is 0 Å². The summed E-state index contributed by atoms with van der Waals surface area (Å²) in [6.07, 6.45) is 6.67. The molecule has 0 radical (unpaired) electrons. The molecule has 0 bridgehead atoms. The van der Waals surface area contributed by atoms with Crippen LogP contribution in [0.1, 0.15) is 52.9 Å². The maximum Gasteiger partial charge on any atom is 0.00390 e. The average molecular weight is 214 g/mol. The van der Waals surface area contributed by atoms with Crippen molar-refractivity contribution in [2.24, 2.45) is 0 Å². The van der Waals surface area contributed by atoms with Crippen molar-refractivity contribution in [2.75, 3.05) is 26.7 Å². The molecular weight excluding hydrogens is 184 g/mol. The van der Waals surface area contributed by atoms with Crippen LogP contribution >= 0.6 is 0 Å². The van der Waals surface area contributed by atoms with Gasteiger partial charge in [0.05, 0.1) is 0 Å². The highest BCUT2D eigenvalue weighted by Gasteiger charge is 2.01. The van der Waals surface area contributed by atoms with E-state index in [2.05, 4.69) is 38.0 Å². The Morgan fingerprint density at radius 2 is 1.73 bits per heavy atom. The van der Waals surface area contributed by atoms with Gasteiger partial charge in [-0.2, -0.15) is 0 Å². The summed E-state index contributed by atoms with van der Waals surface area (Å²) < 4.78 is 0. The fourth-order valence-corrected chi connectivity index (χ4v) is 1.86. The van der Waals surface area contributed by atoms with Crippen LogP contribution in [0.15, 0.2) is 0 Å². The van der Waals surface area contributed by atoms with Crippen molar-refractivity contribution in [3.8, 4) is 0 Å². The van der Waals surface area contributed by atoms with Crippen molar-refractivity contribution < 1.29 is 0 Å². The Kier molecular flexibility index (Phi) is 10.4. The van der Waals surface area contributed by atoms with Gasteiger partial charge in [0.15, 0.2) is 0 Å². The van der Waals surface area contributed by atoms with Crippen molar-refractivity contribution in [3.05, 3.63) is 0 Å². The molecule has 92 valence electrons. The van der Waals surface area contributed by atoms with Gasteiger partial charge in [-0.1, -0.05) is 26.7 Å². The summed E-state index contributed by atoms with van der Waals surface area (Å²) in [5, 5.41) is 3.45. The first-order valence-electron chi connectivity index (χ1n) is 6.62. The highest BCUT2D eigenvalue weighted by molar-refractivity contribution is 4.61. The van der Waals surface area contributed by atoms with Gasteiger partial charge >= 0.3 is 0 Å². The van der Waals surface area contributed by atoms with Gasteiger partial charge in [0.2, 0.25) is 0 Å². The third-order valence-corrected chi connectivity index (χ3v) is 2.87. The highest BCUT2D eigenvalue weighted by atomic mass is 15.1. The summed E-state index contributed by atoms with van der Waals surface area (Å²) in [6, 6.07) is 0.680. The van der Waals surface area contributed by atoms with Crippen LogP contribution < -0.4 is 5.32 Å². The van der Waals surface area contributed by atoms with Crippen molar-refractivity contribution in [1.29, 1.82) is 0 Å². The summed E-state index contributed by atoms with van der Waals surface area (Å²) in [7, 11) is 2.24. The molecular formula is C13H30N2. The first kappa shape index (κ1) is 14.9. The summed E-state index contributed by atoms with van der Waals surface area (Å²) in [5.41, 5.74) is 0. The molecule has 2 nitrogen and oxygen atoms in total. The standard InChI is InChI=1S/C13H30N2/c1-5-7-8-11-15(4)12-9-10-13(3)14-6-2/h13-14H,5-12H2,1-4H3. The normalized spacial score (nSPS) is 13.4. The molecule has 0 saturated carbocycles. The number of unbranched alkanes of at least 4 members (excludes halogenated alkanes) is 2. The Balaban J connectivity index is 3.26. The van der Waals surface area contributed by atoms with E-state index in [1.54, 1.807) is 0 Å². The molecule has 0 aromatic carbocycles. The first-order chi connectivity index (χ1) is 7.20. The lowest BCUT2D eigenvalue weighted by Gasteiger charge is -2.18. The molecule has 0 aromatic heterocycles. The van der Waals surface area contributed by atoms with Crippen molar-refractivity contribution in [2.45, 2.75) is 58.9 Å². The van der Waals surface area contributed by atoms with Crippen molar-refractivity contribution in [1.82, 2.24) is 10.2 Å². The number of nitrogens with one attached hydrogen (secondary N) is 1. The largest absolute Gasteiger partial charge is 0.315 e. The summed E-state index contributed by atoms with van der Waals surface area (Å²) in [4.78, 5) is 2.47. The van der Waals surface area contributed by atoms with E-state index in [4.69, 9.17) is 0 Å². The Hall–Kier alpha value is -0.0800. The Labute approximate surface area is 96.4 Å². The molecule has 0 amide bonds. The van der Waals surface area contributed by atoms with E-state index in [1.807, 2.05) is 0 Å². The van der Waals surface area contributed by atoms with E-state index in [0.717, 1.165) is 6.54 Å². The summed E-state index contributed by atoms with van der Waals surface area (Å²) in [5.74, 6) is 0. The van der Waals surface area contributed by atoms with Gasteiger partial charge < -0.3 is 10.2 Å². The zero-order valence-corrected chi connectivity index (χ0v) is 11.2. The number of rotatable bonds is 10. The molecule has 0 heterocycles. The van der Waals surface area contributed by atoms with Crippen LogP contribution in [0.2, 0.25) is 0 Å². The lowest BCUT2D eigenvalue weighted by molar-refractivity contribution is 0.311. The minimum absolute atomic E-state index is 0.680. The van der Waals surface area contributed by atoms with Gasteiger partial charge in [-0.25, -0.2) is 0 Å². The molecule has 1 N–H and O–H groups in total. The Morgan fingerprint density at radius 3 is 2.33 bits per heavy atom. The molecule has 0 aliphatic rings.